The molecule has 18 heavy (non-hydrogen) atoms. The summed E-state index contributed by atoms with van der Waals surface area (Å²) in [4.78, 5) is 0. The molecule has 1 fully saturated rings. The minimum Gasteiger partial charge on any atom is -0.494 e. The second-order valence-corrected chi connectivity index (χ2v) is 4.95. The van der Waals surface area contributed by atoms with E-state index < -0.39 is 0 Å². The highest BCUT2D eigenvalue weighted by atomic mass is 16.5. The molecular weight excluding hydrogens is 224 g/mol. The van der Waals surface area contributed by atoms with Crippen molar-refractivity contribution in [3.8, 4) is 5.75 Å². The Morgan fingerprint density at radius 1 is 1.33 bits per heavy atom. The van der Waals surface area contributed by atoms with Crippen LogP contribution in [0.15, 0.2) is 24.3 Å². The predicted molar refractivity (Wildman–Crippen MR) is 76.3 cm³/mol. The summed E-state index contributed by atoms with van der Waals surface area (Å²) in [5.74, 6) is 1.76. The van der Waals surface area contributed by atoms with Gasteiger partial charge in [0.1, 0.15) is 5.75 Å². The zero-order valence-electron chi connectivity index (χ0n) is 11.2. The van der Waals surface area contributed by atoms with Gasteiger partial charge in [-0.05, 0) is 50.4 Å². The van der Waals surface area contributed by atoms with Crippen LogP contribution in [-0.4, -0.2) is 26.2 Å². The van der Waals surface area contributed by atoms with Crippen molar-refractivity contribution < 1.29 is 4.74 Å². The quantitative estimate of drug-likeness (QED) is 0.812. The first-order valence-corrected chi connectivity index (χ1v) is 7.06. The highest BCUT2D eigenvalue weighted by molar-refractivity contribution is 5.48. The van der Waals surface area contributed by atoms with E-state index in [2.05, 4.69) is 35.8 Å². The van der Waals surface area contributed by atoms with E-state index in [-0.39, 0.29) is 0 Å². The van der Waals surface area contributed by atoms with Crippen molar-refractivity contribution in [2.45, 2.75) is 26.2 Å². The fourth-order valence-corrected chi connectivity index (χ4v) is 2.26. The first-order chi connectivity index (χ1) is 8.88. The number of nitrogens with one attached hydrogen (secondary N) is 2. The van der Waals surface area contributed by atoms with Gasteiger partial charge in [0.05, 0.1) is 6.61 Å². The summed E-state index contributed by atoms with van der Waals surface area (Å²) in [5.41, 5.74) is 1.17. The Labute approximate surface area is 110 Å². The monoisotopic (exact) mass is 248 g/mol. The lowest BCUT2D eigenvalue weighted by Crippen LogP contribution is -2.31. The van der Waals surface area contributed by atoms with Gasteiger partial charge in [0.15, 0.2) is 0 Å². The van der Waals surface area contributed by atoms with E-state index in [4.69, 9.17) is 4.74 Å². The van der Waals surface area contributed by atoms with Gasteiger partial charge >= 0.3 is 0 Å². The van der Waals surface area contributed by atoms with Crippen molar-refractivity contribution in [3.05, 3.63) is 24.3 Å². The molecule has 0 aliphatic carbocycles. The maximum absolute atomic E-state index is 5.64. The van der Waals surface area contributed by atoms with Crippen LogP contribution < -0.4 is 15.4 Å². The van der Waals surface area contributed by atoms with E-state index in [1.54, 1.807) is 0 Å². The second-order valence-electron chi connectivity index (χ2n) is 4.95. The minimum absolute atomic E-state index is 0.789. The summed E-state index contributed by atoms with van der Waals surface area (Å²) in [6, 6.07) is 8.28. The zero-order valence-corrected chi connectivity index (χ0v) is 11.2. The lowest BCUT2D eigenvalue weighted by molar-refractivity contribution is 0.317. The molecule has 0 unspecified atom stereocenters. The van der Waals surface area contributed by atoms with Crippen LogP contribution in [0, 0.1) is 5.92 Å². The number of hydrogen-bond donors (Lipinski definition) is 2. The zero-order chi connectivity index (χ0) is 12.6. The molecule has 1 aromatic rings. The van der Waals surface area contributed by atoms with Crippen LogP contribution in [0.5, 0.6) is 5.75 Å². The van der Waals surface area contributed by atoms with Crippen molar-refractivity contribution in [1.29, 1.82) is 0 Å². The van der Waals surface area contributed by atoms with Crippen LogP contribution in [0.25, 0.3) is 0 Å². The summed E-state index contributed by atoms with van der Waals surface area (Å²) >= 11 is 0. The SMILES string of the molecule is CCCOc1cccc(NCC2CCNCC2)c1. The molecule has 0 saturated carbocycles. The molecule has 0 spiro atoms. The van der Waals surface area contributed by atoms with Crippen molar-refractivity contribution in [3.63, 3.8) is 0 Å². The molecule has 100 valence electrons. The molecular formula is C15H24N2O. The van der Waals surface area contributed by atoms with E-state index in [1.165, 1.54) is 18.5 Å². The molecule has 0 atom stereocenters. The first kappa shape index (κ1) is 13.2. The number of piperidine rings is 1. The summed E-state index contributed by atoms with van der Waals surface area (Å²) in [5, 5.41) is 6.92. The molecule has 1 aliphatic heterocycles. The van der Waals surface area contributed by atoms with Gasteiger partial charge in [-0.1, -0.05) is 13.0 Å². The van der Waals surface area contributed by atoms with Crippen LogP contribution in [0.3, 0.4) is 0 Å². The topological polar surface area (TPSA) is 33.3 Å². The van der Waals surface area contributed by atoms with Gasteiger partial charge in [-0.2, -0.15) is 0 Å². The Hall–Kier alpha value is -1.22. The van der Waals surface area contributed by atoms with Gasteiger partial charge in [0, 0.05) is 18.3 Å². The van der Waals surface area contributed by atoms with E-state index in [9.17, 15) is 0 Å². The smallest absolute Gasteiger partial charge is 0.121 e. The third kappa shape index (κ3) is 4.22. The van der Waals surface area contributed by atoms with E-state index in [0.717, 1.165) is 44.3 Å². The van der Waals surface area contributed by atoms with Crippen molar-refractivity contribution >= 4 is 5.69 Å². The largest absolute Gasteiger partial charge is 0.494 e. The molecule has 1 saturated heterocycles. The lowest BCUT2D eigenvalue weighted by atomic mass is 9.98. The van der Waals surface area contributed by atoms with E-state index >= 15 is 0 Å². The highest BCUT2D eigenvalue weighted by Gasteiger charge is 2.12. The number of hydrogen-bond acceptors (Lipinski definition) is 3. The molecule has 0 radical (unpaired) electrons. The molecule has 1 heterocycles. The number of anilines is 1. The average Bonchev–Trinajstić information content (AvgIpc) is 2.44. The molecule has 1 aliphatic rings. The average molecular weight is 248 g/mol. The summed E-state index contributed by atoms with van der Waals surface area (Å²) in [6.45, 7) is 6.30. The first-order valence-electron chi connectivity index (χ1n) is 7.06. The molecule has 1 aromatic carbocycles. The fraction of sp³-hybridized carbons (Fsp3) is 0.600. The van der Waals surface area contributed by atoms with Crippen molar-refractivity contribution in [2.24, 2.45) is 5.92 Å². The van der Waals surface area contributed by atoms with Gasteiger partial charge < -0.3 is 15.4 Å². The van der Waals surface area contributed by atoms with Crippen LogP contribution in [0.4, 0.5) is 5.69 Å². The van der Waals surface area contributed by atoms with Gasteiger partial charge in [0.2, 0.25) is 0 Å². The van der Waals surface area contributed by atoms with E-state index in [0.29, 0.717) is 0 Å². The molecule has 2 rings (SSSR count). The molecule has 0 aromatic heterocycles. The maximum Gasteiger partial charge on any atom is 0.121 e. The van der Waals surface area contributed by atoms with Crippen LogP contribution >= 0.6 is 0 Å². The van der Waals surface area contributed by atoms with Crippen molar-refractivity contribution in [2.75, 3.05) is 31.6 Å². The molecule has 2 N–H and O–H groups in total. The Balaban J connectivity index is 1.80. The Morgan fingerprint density at radius 3 is 2.94 bits per heavy atom. The standard InChI is InChI=1S/C15H24N2O/c1-2-10-18-15-5-3-4-14(11-15)17-12-13-6-8-16-9-7-13/h3-5,11,13,16-17H,2,6-10,12H2,1H3. The van der Waals surface area contributed by atoms with Crippen LogP contribution in [-0.2, 0) is 0 Å². The molecule has 3 heteroatoms. The van der Waals surface area contributed by atoms with Gasteiger partial charge in [-0.3, -0.25) is 0 Å². The van der Waals surface area contributed by atoms with Gasteiger partial charge in [-0.25, -0.2) is 0 Å². The van der Waals surface area contributed by atoms with Crippen LogP contribution in [0.2, 0.25) is 0 Å². The number of ether oxygens (including phenoxy) is 1. The minimum atomic E-state index is 0.789. The highest BCUT2D eigenvalue weighted by Crippen LogP contribution is 2.19. The van der Waals surface area contributed by atoms with Gasteiger partial charge in [0.25, 0.3) is 0 Å². The second kappa shape index (κ2) is 7.27. The molecule has 3 nitrogen and oxygen atoms in total. The Bertz CT molecular complexity index is 348. The normalized spacial score (nSPS) is 16.5. The third-order valence-corrected chi connectivity index (χ3v) is 3.36. The number of benzene rings is 1. The third-order valence-electron chi connectivity index (χ3n) is 3.36. The fourth-order valence-electron chi connectivity index (χ4n) is 2.26. The molecule has 0 bridgehead atoms. The van der Waals surface area contributed by atoms with Crippen LogP contribution in [0.1, 0.15) is 26.2 Å². The maximum atomic E-state index is 5.64. The van der Waals surface area contributed by atoms with Crippen molar-refractivity contribution in [1.82, 2.24) is 5.32 Å². The Morgan fingerprint density at radius 2 is 2.17 bits per heavy atom. The van der Waals surface area contributed by atoms with Gasteiger partial charge in [-0.15, -0.1) is 0 Å². The summed E-state index contributed by atoms with van der Waals surface area (Å²) in [6.07, 6.45) is 3.60. The molecule has 0 amide bonds. The lowest BCUT2D eigenvalue weighted by Gasteiger charge is -2.23. The Kier molecular flexibility index (Phi) is 5.34. The predicted octanol–water partition coefficient (Wildman–Crippen LogP) is 2.89. The summed E-state index contributed by atoms with van der Waals surface area (Å²) in [7, 11) is 0. The number of rotatable bonds is 6. The summed E-state index contributed by atoms with van der Waals surface area (Å²) < 4.78 is 5.64. The van der Waals surface area contributed by atoms with E-state index in [1.807, 2.05) is 6.07 Å².